The number of benzene rings is 1. The molecule has 2 N–H and O–H groups in total. The summed E-state index contributed by atoms with van der Waals surface area (Å²) in [5.74, 6) is -1.27. The molecule has 114 valence electrons. The Labute approximate surface area is 126 Å². The van der Waals surface area contributed by atoms with E-state index >= 15 is 0 Å². The summed E-state index contributed by atoms with van der Waals surface area (Å²) in [4.78, 5) is 34.7. The third-order valence-corrected chi connectivity index (χ3v) is 2.81. The fraction of sp³-hybridized carbons (Fsp3) is 0.133. The van der Waals surface area contributed by atoms with Crippen molar-refractivity contribution in [2.75, 3.05) is 13.2 Å². The van der Waals surface area contributed by atoms with Gasteiger partial charge in [0.15, 0.2) is 0 Å². The van der Waals surface area contributed by atoms with E-state index in [2.05, 4.69) is 11.9 Å². The first-order chi connectivity index (χ1) is 10.5. The number of carboxylic acids is 1. The number of carboxylic acid groups (broad SMARTS) is 1. The number of rotatable bonds is 6. The van der Waals surface area contributed by atoms with Gasteiger partial charge in [0.1, 0.15) is 24.6 Å². The van der Waals surface area contributed by atoms with Gasteiger partial charge in [0.05, 0.1) is 0 Å². The average molecular weight is 302 g/mol. The van der Waals surface area contributed by atoms with Crippen LogP contribution in [-0.2, 0) is 9.59 Å². The van der Waals surface area contributed by atoms with Crippen molar-refractivity contribution in [3.63, 3.8) is 0 Å². The summed E-state index contributed by atoms with van der Waals surface area (Å²) >= 11 is 0. The lowest BCUT2D eigenvalue weighted by molar-refractivity contribution is -0.140. The normalized spacial score (nSPS) is 15.8. The predicted molar refractivity (Wildman–Crippen MR) is 78.0 cm³/mol. The maximum absolute atomic E-state index is 11.9. The first kappa shape index (κ1) is 15.3. The number of hydrogen-bond acceptors (Lipinski definition) is 4. The van der Waals surface area contributed by atoms with Crippen molar-refractivity contribution in [3.05, 3.63) is 48.2 Å². The van der Waals surface area contributed by atoms with Gasteiger partial charge < -0.3 is 15.2 Å². The highest BCUT2D eigenvalue weighted by Crippen LogP contribution is 2.17. The Bertz CT molecular complexity index is 648. The van der Waals surface area contributed by atoms with Crippen LogP contribution in [0.4, 0.5) is 4.79 Å². The maximum Gasteiger partial charge on any atom is 0.329 e. The molecule has 7 nitrogen and oxygen atoms in total. The second-order valence-electron chi connectivity index (χ2n) is 4.44. The molecular weight excluding hydrogens is 288 g/mol. The molecular formula is C15H14N2O5. The Balaban J connectivity index is 2.12. The van der Waals surface area contributed by atoms with Gasteiger partial charge in [-0.25, -0.2) is 9.69 Å². The highest BCUT2D eigenvalue weighted by Gasteiger charge is 2.34. The number of nitrogens with zero attached hydrogens (tertiary/aromatic N) is 1. The molecule has 1 aliphatic heterocycles. The maximum atomic E-state index is 11.9. The smallest absolute Gasteiger partial charge is 0.329 e. The minimum Gasteiger partial charge on any atom is -0.490 e. The molecule has 0 spiro atoms. The van der Waals surface area contributed by atoms with E-state index in [1.807, 2.05) is 0 Å². The molecule has 0 radical (unpaired) electrons. The number of imide groups is 1. The lowest BCUT2D eigenvalue weighted by atomic mass is 10.2. The van der Waals surface area contributed by atoms with Crippen molar-refractivity contribution in [2.45, 2.75) is 0 Å². The van der Waals surface area contributed by atoms with Crippen LogP contribution >= 0.6 is 0 Å². The van der Waals surface area contributed by atoms with Gasteiger partial charge >= 0.3 is 12.0 Å². The van der Waals surface area contributed by atoms with Crippen molar-refractivity contribution in [3.8, 4) is 5.75 Å². The van der Waals surface area contributed by atoms with Gasteiger partial charge in [0.25, 0.3) is 5.91 Å². The van der Waals surface area contributed by atoms with Crippen LogP contribution in [0.25, 0.3) is 6.08 Å². The van der Waals surface area contributed by atoms with Gasteiger partial charge in [-0.2, -0.15) is 0 Å². The van der Waals surface area contributed by atoms with E-state index in [1.54, 1.807) is 30.3 Å². The average Bonchev–Trinajstić information content (AvgIpc) is 2.74. The van der Waals surface area contributed by atoms with E-state index in [9.17, 15) is 14.4 Å². The van der Waals surface area contributed by atoms with E-state index in [1.165, 1.54) is 6.08 Å². The molecule has 1 saturated heterocycles. The van der Waals surface area contributed by atoms with Crippen LogP contribution in [0.3, 0.4) is 0 Å². The number of aliphatic carboxylic acids is 1. The molecule has 3 amide bonds. The molecule has 0 unspecified atom stereocenters. The molecule has 1 fully saturated rings. The Morgan fingerprint density at radius 2 is 2.00 bits per heavy atom. The van der Waals surface area contributed by atoms with E-state index in [0.717, 1.165) is 0 Å². The number of amides is 3. The third-order valence-electron chi connectivity index (χ3n) is 2.81. The first-order valence-corrected chi connectivity index (χ1v) is 6.41. The molecule has 0 atom stereocenters. The summed E-state index contributed by atoms with van der Waals surface area (Å²) in [7, 11) is 0. The second-order valence-corrected chi connectivity index (χ2v) is 4.44. The molecule has 1 aromatic carbocycles. The van der Waals surface area contributed by atoms with Crippen LogP contribution in [-0.4, -0.2) is 41.1 Å². The summed E-state index contributed by atoms with van der Waals surface area (Å²) in [5, 5.41) is 11.0. The van der Waals surface area contributed by atoms with E-state index in [-0.39, 0.29) is 5.70 Å². The summed E-state index contributed by atoms with van der Waals surface area (Å²) in [6.45, 7) is 3.26. The van der Waals surface area contributed by atoms with Gasteiger partial charge in [-0.15, -0.1) is 0 Å². The van der Waals surface area contributed by atoms with Crippen molar-refractivity contribution in [1.82, 2.24) is 10.2 Å². The van der Waals surface area contributed by atoms with Gasteiger partial charge in [0, 0.05) is 0 Å². The monoisotopic (exact) mass is 302 g/mol. The zero-order chi connectivity index (χ0) is 16.1. The van der Waals surface area contributed by atoms with Crippen molar-refractivity contribution >= 4 is 24.0 Å². The fourth-order valence-electron chi connectivity index (χ4n) is 1.83. The molecule has 22 heavy (non-hydrogen) atoms. The van der Waals surface area contributed by atoms with Crippen LogP contribution in [0.2, 0.25) is 0 Å². The molecule has 0 saturated carbocycles. The molecule has 1 heterocycles. The lowest BCUT2D eigenvalue weighted by Crippen LogP contribution is -2.35. The molecule has 0 aromatic heterocycles. The molecule has 1 aromatic rings. The topological polar surface area (TPSA) is 95.9 Å². The Morgan fingerprint density at radius 3 is 2.59 bits per heavy atom. The number of carbonyl (C=O) groups is 3. The highest BCUT2D eigenvalue weighted by atomic mass is 16.5. The number of ether oxygens (including phenoxy) is 1. The Hall–Kier alpha value is -3.09. The number of hydrogen-bond donors (Lipinski definition) is 2. The zero-order valence-corrected chi connectivity index (χ0v) is 11.6. The molecule has 1 aliphatic rings. The summed E-state index contributed by atoms with van der Waals surface area (Å²) < 4.78 is 5.33. The quantitative estimate of drug-likeness (QED) is 0.468. The van der Waals surface area contributed by atoms with Crippen LogP contribution in [0.1, 0.15) is 5.56 Å². The van der Waals surface area contributed by atoms with E-state index in [4.69, 9.17) is 9.84 Å². The van der Waals surface area contributed by atoms with Gasteiger partial charge in [-0.3, -0.25) is 9.59 Å². The molecule has 2 rings (SSSR count). The van der Waals surface area contributed by atoms with Crippen LogP contribution in [0, 0.1) is 0 Å². The van der Waals surface area contributed by atoms with Gasteiger partial charge in [-0.05, 0) is 23.8 Å². The Morgan fingerprint density at radius 1 is 1.32 bits per heavy atom. The molecule has 7 heteroatoms. The minimum atomic E-state index is -1.26. The van der Waals surface area contributed by atoms with Crippen molar-refractivity contribution in [1.29, 1.82) is 0 Å². The standard InChI is InChI=1S/C15H14N2O5/c1-2-7-22-11-5-3-10(4-6-11)8-12-14(20)17(9-13(18)19)15(21)16-12/h2-6,8H,1,7,9H2,(H,16,21)(H,18,19)/b12-8-. The predicted octanol–water partition coefficient (Wildman–Crippen LogP) is 1.23. The highest BCUT2D eigenvalue weighted by molar-refractivity contribution is 6.15. The number of carbonyl (C=O) groups excluding carboxylic acids is 2. The third kappa shape index (κ3) is 3.51. The largest absolute Gasteiger partial charge is 0.490 e. The number of nitrogens with one attached hydrogen (secondary N) is 1. The lowest BCUT2D eigenvalue weighted by Gasteiger charge is -2.06. The van der Waals surface area contributed by atoms with Crippen LogP contribution in [0.15, 0.2) is 42.6 Å². The summed E-state index contributed by atoms with van der Waals surface area (Å²) in [5.41, 5.74) is 0.706. The van der Waals surface area contributed by atoms with E-state index in [0.29, 0.717) is 22.8 Å². The van der Waals surface area contributed by atoms with Crippen LogP contribution < -0.4 is 10.1 Å². The van der Waals surface area contributed by atoms with Crippen molar-refractivity contribution in [2.24, 2.45) is 0 Å². The van der Waals surface area contributed by atoms with Crippen molar-refractivity contribution < 1.29 is 24.2 Å². The summed E-state index contributed by atoms with van der Waals surface area (Å²) in [6.07, 6.45) is 3.10. The van der Waals surface area contributed by atoms with Gasteiger partial charge in [0.2, 0.25) is 0 Å². The van der Waals surface area contributed by atoms with Crippen LogP contribution in [0.5, 0.6) is 5.75 Å². The Kier molecular flexibility index (Phi) is 4.57. The SMILES string of the molecule is C=CCOc1ccc(/C=C2\NC(=O)N(CC(=O)O)C2=O)cc1. The zero-order valence-electron chi connectivity index (χ0n) is 11.6. The molecule has 0 aliphatic carbocycles. The second kappa shape index (κ2) is 6.57. The van der Waals surface area contributed by atoms with Gasteiger partial charge in [-0.1, -0.05) is 24.8 Å². The molecule has 0 bridgehead atoms. The van der Waals surface area contributed by atoms with E-state index < -0.39 is 24.5 Å². The fourth-order valence-corrected chi connectivity index (χ4v) is 1.83. The summed E-state index contributed by atoms with van der Waals surface area (Å²) in [6, 6.07) is 6.11. The minimum absolute atomic E-state index is 0.0333. The number of urea groups is 1. The first-order valence-electron chi connectivity index (χ1n) is 6.41.